The van der Waals surface area contributed by atoms with Crippen LogP contribution >= 0.6 is 11.3 Å². The summed E-state index contributed by atoms with van der Waals surface area (Å²) < 4.78 is 38.7. The van der Waals surface area contributed by atoms with Crippen molar-refractivity contribution in [1.29, 1.82) is 0 Å². The predicted molar refractivity (Wildman–Crippen MR) is 95.4 cm³/mol. The molecule has 7 nitrogen and oxygen atoms in total. The van der Waals surface area contributed by atoms with Gasteiger partial charge in [0.25, 0.3) is 11.6 Å². The molecule has 146 valence electrons. The fraction of sp³-hybridized carbons (Fsp3) is 0.176. The zero-order chi connectivity index (χ0) is 20.5. The molecule has 0 spiro atoms. The number of benzene rings is 2. The van der Waals surface area contributed by atoms with Crippen LogP contribution in [0.5, 0.6) is 5.75 Å². The molecule has 3 aromatic rings. The molecule has 2 aromatic carbocycles. The molecule has 0 saturated heterocycles. The summed E-state index contributed by atoms with van der Waals surface area (Å²) in [6, 6.07) is 7.49. The molecular weight excluding hydrogens is 399 g/mol. The minimum Gasteiger partial charge on any atom is -0.508 e. The molecular formula is C17H12F3N3O4S. The summed E-state index contributed by atoms with van der Waals surface area (Å²) >= 11 is 0.663. The molecule has 0 bridgehead atoms. The molecule has 1 amide bonds. The topological polar surface area (TPSA) is 105 Å². The van der Waals surface area contributed by atoms with Gasteiger partial charge in [-0.05, 0) is 30.2 Å². The number of alkyl halides is 3. The molecule has 3 rings (SSSR count). The fourth-order valence-electron chi connectivity index (χ4n) is 2.47. The van der Waals surface area contributed by atoms with Crippen LogP contribution in [0, 0.1) is 10.1 Å². The number of phenols is 1. The zero-order valence-electron chi connectivity index (χ0n) is 14.0. The standard InChI is InChI=1S/C17H12F3N3O4S/c18-17(19,20)10-7-12-14(13(8-10)23(26)27)28-16(22-12)15(25)21-6-5-9-1-3-11(24)4-2-9/h1-4,7-8,24H,5-6H2,(H,21,25). The number of aromatic hydroxyl groups is 1. The van der Waals surface area contributed by atoms with Gasteiger partial charge in [0.2, 0.25) is 0 Å². The quantitative estimate of drug-likeness (QED) is 0.489. The van der Waals surface area contributed by atoms with Gasteiger partial charge in [0, 0.05) is 12.6 Å². The van der Waals surface area contributed by atoms with E-state index in [0.29, 0.717) is 29.9 Å². The molecule has 1 aromatic heterocycles. The average Bonchev–Trinajstić information content (AvgIpc) is 3.05. The molecule has 0 fully saturated rings. The number of hydrogen-bond acceptors (Lipinski definition) is 6. The second-order valence-corrected chi connectivity index (χ2v) is 6.79. The first-order valence-electron chi connectivity index (χ1n) is 7.87. The lowest BCUT2D eigenvalue weighted by atomic mass is 10.1. The maximum Gasteiger partial charge on any atom is 0.416 e. The smallest absolute Gasteiger partial charge is 0.416 e. The first-order valence-corrected chi connectivity index (χ1v) is 8.69. The van der Waals surface area contributed by atoms with Crippen molar-refractivity contribution in [1.82, 2.24) is 10.3 Å². The van der Waals surface area contributed by atoms with E-state index in [-0.39, 0.29) is 27.5 Å². The van der Waals surface area contributed by atoms with Crippen molar-refractivity contribution in [2.45, 2.75) is 12.6 Å². The third-order valence-electron chi connectivity index (χ3n) is 3.82. The maximum absolute atomic E-state index is 12.9. The van der Waals surface area contributed by atoms with E-state index < -0.39 is 28.3 Å². The molecule has 2 N–H and O–H groups in total. The Morgan fingerprint density at radius 1 is 1.25 bits per heavy atom. The van der Waals surface area contributed by atoms with Gasteiger partial charge < -0.3 is 10.4 Å². The number of non-ortho nitro benzene ring substituents is 1. The number of fused-ring (bicyclic) bond motifs is 1. The lowest BCUT2D eigenvalue weighted by molar-refractivity contribution is -0.383. The highest BCUT2D eigenvalue weighted by atomic mass is 32.1. The fourth-order valence-corrected chi connectivity index (χ4v) is 3.42. The summed E-state index contributed by atoms with van der Waals surface area (Å²) in [5.74, 6) is -0.523. The van der Waals surface area contributed by atoms with E-state index >= 15 is 0 Å². The number of amides is 1. The first-order chi connectivity index (χ1) is 13.1. The highest BCUT2D eigenvalue weighted by Crippen LogP contribution is 2.38. The van der Waals surface area contributed by atoms with E-state index in [2.05, 4.69) is 10.3 Å². The number of nitro benzene ring substituents is 1. The summed E-state index contributed by atoms with van der Waals surface area (Å²) in [4.78, 5) is 26.3. The van der Waals surface area contributed by atoms with Gasteiger partial charge in [0.15, 0.2) is 5.01 Å². The summed E-state index contributed by atoms with van der Waals surface area (Å²) in [7, 11) is 0. The molecule has 1 heterocycles. The van der Waals surface area contributed by atoms with Gasteiger partial charge >= 0.3 is 6.18 Å². The number of nitrogens with zero attached hydrogens (tertiary/aromatic N) is 2. The second kappa shape index (κ2) is 7.43. The minimum absolute atomic E-state index is 0.0957. The maximum atomic E-state index is 12.9. The number of carbonyl (C=O) groups is 1. The Hall–Kier alpha value is -3.21. The highest BCUT2D eigenvalue weighted by molar-refractivity contribution is 7.20. The summed E-state index contributed by atoms with van der Waals surface area (Å²) in [5, 5.41) is 22.8. The SMILES string of the molecule is O=C(NCCc1ccc(O)cc1)c1nc2cc(C(F)(F)F)cc([N+](=O)[O-])c2s1. The van der Waals surface area contributed by atoms with Gasteiger partial charge in [-0.15, -0.1) is 11.3 Å². The van der Waals surface area contributed by atoms with Crippen LogP contribution in [0.4, 0.5) is 18.9 Å². The Bertz CT molecular complexity index is 1050. The predicted octanol–water partition coefficient (Wildman–Crippen LogP) is 3.90. The minimum atomic E-state index is -4.77. The number of phenolic OH excluding ortho intramolecular Hbond substituents is 1. The van der Waals surface area contributed by atoms with E-state index in [1.165, 1.54) is 12.1 Å². The van der Waals surface area contributed by atoms with Crippen LogP contribution in [-0.4, -0.2) is 27.5 Å². The van der Waals surface area contributed by atoms with Crippen LogP contribution < -0.4 is 5.32 Å². The normalized spacial score (nSPS) is 11.5. The van der Waals surface area contributed by atoms with Crippen molar-refractivity contribution in [3.05, 3.63) is 62.6 Å². The van der Waals surface area contributed by atoms with E-state index in [9.17, 15) is 33.2 Å². The van der Waals surface area contributed by atoms with Gasteiger partial charge in [-0.3, -0.25) is 14.9 Å². The van der Waals surface area contributed by atoms with Crippen LogP contribution in [0.3, 0.4) is 0 Å². The Morgan fingerprint density at radius 3 is 2.54 bits per heavy atom. The summed E-state index contributed by atoms with van der Waals surface area (Å²) in [6.07, 6.45) is -4.32. The molecule has 0 atom stereocenters. The second-order valence-electron chi connectivity index (χ2n) is 5.79. The monoisotopic (exact) mass is 411 g/mol. The van der Waals surface area contributed by atoms with Crippen LogP contribution in [0.25, 0.3) is 10.2 Å². The van der Waals surface area contributed by atoms with Crippen molar-refractivity contribution in [2.24, 2.45) is 0 Å². The number of rotatable bonds is 5. The molecule has 11 heteroatoms. The molecule has 0 aliphatic carbocycles. The summed E-state index contributed by atoms with van der Waals surface area (Å²) in [6.45, 7) is 0.218. The van der Waals surface area contributed by atoms with Crippen molar-refractivity contribution in [3.8, 4) is 5.75 Å². The van der Waals surface area contributed by atoms with Gasteiger partial charge in [-0.25, -0.2) is 4.98 Å². The van der Waals surface area contributed by atoms with Gasteiger partial charge in [-0.2, -0.15) is 13.2 Å². The average molecular weight is 411 g/mol. The van der Waals surface area contributed by atoms with Gasteiger partial charge in [0.1, 0.15) is 10.4 Å². The first kappa shape index (κ1) is 19.5. The Morgan fingerprint density at radius 2 is 1.93 bits per heavy atom. The van der Waals surface area contributed by atoms with E-state index in [1.807, 2.05) is 0 Å². The molecule has 0 aliphatic rings. The van der Waals surface area contributed by atoms with Gasteiger partial charge in [0.05, 0.1) is 16.0 Å². The third kappa shape index (κ3) is 4.19. The van der Waals surface area contributed by atoms with Crippen molar-refractivity contribution >= 4 is 33.1 Å². The molecule has 0 radical (unpaired) electrons. The van der Waals surface area contributed by atoms with E-state index in [1.54, 1.807) is 12.1 Å². The highest BCUT2D eigenvalue weighted by Gasteiger charge is 2.34. The lowest BCUT2D eigenvalue weighted by Crippen LogP contribution is -2.25. The largest absolute Gasteiger partial charge is 0.508 e. The van der Waals surface area contributed by atoms with Crippen molar-refractivity contribution < 1.29 is 28.0 Å². The number of hydrogen-bond donors (Lipinski definition) is 2. The van der Waals surface area contributed by atoms with Crippen LogP contribution in [0.2, 0.25) is 0 Å². The lowest BCUT2D eigenvalue weighted by Gasteiger charge is -2.05. The number of nitro groups is 1. The van der Waals surface area contributed by atoms with E-state index in [0.717, 1.165) is 5.56 Å². The van der Waals surface area contributed by atoms with Crippen LogP contribution in [0.1, 0.15) is 20.9 Å². The molecule has 0 saturated carbocycles. The van der Waals surface area contributed by atoms with Crippen molar-refractivity contribution in [2.75, 3.05) is 6.54 Å². The number of carbonyl (C=O) groups excluding carboxylic acids is 1. The Kier molecular flexibility index (Phi) is 5.18. The van der Waals surface area contributed by atoms with Crippen LogP contribution in [-0.2, 0) is 12.6 Å². The van der Waals surface area contributed by atoms with Gasteiger partial charge in [-0.1, -0.05) is 12.1 Å². The van der Waals surface area contributed by atoms with Crippen LogP contribution in [0.15, 0.2) is 36.4 Å². The third-order valence-corrected chi connectivity index (χ3v) is 4.92. The number of aromatic nitrogens is 1. The zero-order valence-corrected chi connectivity index (χ0v) is 14.8. The van der Waals surface area contributed by atoms with E-state index in [4.69, 9.17) is 0 Å². The molecule has 0 aliphatic heterocycles. The number of halogens is 3. The summed E-state index contributed by atoms with van der Waals surface area (Å²) in [5.41, 5.74) is -1.34. The molecule has 28 heavy (non-hydrogen) atoms. The Balaban J connectivity index is 1.80. The Labute approximate surface area is 159 Å². The van der Waals surface area contributed by atoms with Crippen molar-refractivity contribution in [3.63, 3.8) is 0 Å². The number of nitrogens with one attached hydrogen (secondary N) is 1. The molecule has 0 unspecified atom stereocenters. The number of thiazole rings is 1.